The van der Waals surface area contributed by atoms with Crippen LogP contribution in [0.25, 0.3) is 0 Å². The summed E-state index contributed by atoms with van der Waals surface area (Å²) in [5.41, 5.74) is 1.84. The van der Waals surface area contributed by atoms with Crippen molar-refractivity contribution in [1.29, 1.82) is 0 Å². The number of aliphatic hydroxyl groups is 1. The van der Waals surface area contributed by atoms with Crippen LogP contribution in [0.1, 0.15) is 34.6 Å². The van der Waals surface area contributed by atoms with Crippen LogP contribution in [-0.2, 0) is 13.0 Å². The topological polar surface area (TPSA) is 59.4 Å². The molecule has 0 saturated carbocycles. The number of nitrogens with zero attached hydrogens (tertiary/aromatic N) is 1. The second-order valence-corrected chi connectivity index (χ2v) is 3.58. The van der Waals surface area contributed by atoms with Crippen molar-refractivity contribution < 1.29 is 14.6 Å². The summed E-state index contributed by atoms with van der Waals surface area (Å²) in [6.45, 7) is -0.170. The molecule has 1 aliphatic rings. The molecule has 0 bridgehead atoms. The molecule has 1 aromatic rings. The fraction of sp³-hybridized carbons (Fsp3) is 0.455. The Balaban J connectivity index is 2.57. The van der Waals surface area contributed by atoms with Crippen LogP contribution in [0.3, 0.4) is 0 Å². The fourth-order valence-corrected chi connectivity index (χ4v) is 1.88. The monoisotopic (exact) mass is 207 g/mol. The van der Waals surface area contributed by atoms with Gasteiger partial charge in [-0.05, 0) is 12.8 Å². The highest BCUT2D eigenvalue weighted by Gasteiger charge is 2.22. The lowest BCUT2D eigenvalue weighted by molar-refractivity contribution is 0.0965. The van der Waals surface area contributed by atoms with Crippen molar-refractivity contribution in [3.63, 3.8) is 0 Å². The molecule has 4 heteroatoms. The number of carbonyl (C=O) groups excluding carboxylic acids is 1. The summed E-state index contributed by atoms with van der Waals surface area (Å²) in [6, 6.07) is 1.69. The van der Waals surface area contributed by atoms with Gasteiger partial charge in [0, 0.05) is 18.1 Å². The highest BCUT2D eigenvalue weighted by Crippen LogP contribution is 2.29. The average molecular weight is 207 g/mol. The predicted octanol–water partition coefficient (Wildman–Crippen LogP) is 1.10. The second-order valence-electron chi connectivity index (χ2n) is 3.58. The number of rotatable bonds is 2. The van der Waals surface area contributed by atoms with Crippen molar-refractivity contribution in [2.45, 2.75) is 25.9 Å². The molecular weight excluding hydrogens is 194 g/mol. The van der Waals surface area contributed by atoms with E-state index in [1.54, 1.807) is 13.2 Å². The summed E-state index contributed by atoms with van der Waals surface area (Å²) in [5, 5.41) is 9.02. The molecule has 0 amide bonds. The Morgan fingerprint density at radius 3 is 3.00 bits per heavy atom. The smallest absolute Gasteiger partial charge is 0.181 e. The third-order valence-electron chi connectivity index (χ3n) is 2.61. The van der Waals surface area contributed by atoms with E-state index >= 15 is 0 Å². The van der Waals surface area contributed by atoms with E-state index in [4.69, 9.17) is 9.84 Å². The van der Waals surface area contributed by atoms with Crippen LogP contribution in [0.15, 0.2) is 6.07 Å². The maximum Gasteiger partial charge on any atom is 0.181 e. The molecule has 1 aliphatic carbocycles. The highest BCUT2D eigenvalue weighted by molar-refractivity contribution is 5.97. The van der Waals surface area contributed by atoms with Crippen molar-refractivity contribution in [3.8, 4) is 5.75 Å². The SMILES string of the molecule is COc1cc(CO)nc2c1CCCC2=O. The molecule has 1 heterocycles. The lowest BCUT2D eigenvalue weighted by Gasteiger charge is -2.17. The van der Waals surface area contributed by atoms with Gasteiger partial charge >= 0.3 is 0 Å². The first-order chi connectivity index (χ1) is 7.26. The van der Waals surface area contributed by atoms with Gasteiger partial charge in [-0.1, -0.05) is 0 Å². The quantitative estimate of drug-likeness (QED) is 0.789. The number of ketones is 1. The molecule has 0 aromatic carbocycles. The Morgan fingerprint density at radius 2 is 2.33 bits per heavy atom. The minimum atomic E-state index is -0.170. The Labute approximate surface area is 87.9 Å². The molecule has 0 atom stereocenters. The molecule has 80 valence electrons. The summed E-state index contributed by atoms with van der Waals surface area (Å²) < 4.78 is 5.20. The van der Waals surface area contributed by atoms with E-state index in [9.17, 15) is 4.79 Å². The number of methoxy groups -OCH3 is 1. The lowest BCUT2D eigenvalue weighted by Crippen LogP contribution is -2.15. The van der Waals surface area contributed by atoms with Gasteiger partial charge in [-0.25, -0.2) is 4.98 Å². The van der Waals surface area contributed by atoms with Crippen molar-refractivity contribution in [2.24, 2.45) is 0 Å². The summed E-state index contributed by atoms with van der Waals surface area (Å²) in [6.07, 6.45) is 2.21. The summed E-state index contributed by atoms with van der Waals surface area (Å²) in [4.78, 5) is 15.8. The zero-order chi connectivity index (χ0) is 10.8. The fourth-order valence-electron chi connectivity index (χ4n) is 1.88. The molecule has 0 unspecified atom stereocenters. The number of aliphatic hydroxyl groups excluding tert-OH is 1. The van der Waals surface area contributed by atoms with Gasteiger partial charge < -0.3 is 9.84 Å². The van der Waals surface area contributed by atoms with Crippen LogP contribution < -0.4 is 4.74 Å². The van der Waals surface area contributed by atoms with E-state index in [0.717, 1.165) is 18.4 Å². The first-order valence-corrected chi connectivity index (χ1v) is 4.97. The van der Waals surface area contributed by atoms with Crippen molar-refractivity contribution in [1.82, 2.24) is 4.98 Å². The number of hydrogen-bond acceptors (Lipinski definition) is 4. The lowest BCUT2D eigenvalue weighted by atomic mass is 9.94. The third-order valence-corrected chi connectivity index (χ3v) is 2.61. The van der Waals surface area contributed by atoms with Gasteiger partial charge in [0.15, 0.2) is 5.78 Å². The molecule has 0 spiro atoms. The summed E-state index contributed by atoms with van der Waals surface area (Å²) >= 11 is 0. The van der Waals surface area contributed by atoms with E-state index in [2.05, 4.69) is 4.98 Å². The van der Waals surface area contributed by atoms with Gasteiger partial charge in [-0.2, -0.15) is 0 Å². The molecule has 0 aliphatic heterocycles. The molecule has 1 N–H and O–H groups in total. The minimum absolute atomic E-state index is 0.0462. The zero-order valence-electron chi connectivity index (χ0n) is 8.62. The van der Waals surface area contributed by atoms with Crippen LogP contribution in [0.2, 0.25) is 0 Å². The summed E-state index contributed by atoms with van der Waals surface area (Å²) in [5.74, 6) is 0.710. The average Bonchev–Trinajstić information content (AvgIpc) is 2.28. The first kappa shape index (κ1) is 10.1. The minimum Gasteiger partial charge on any atom is -0.496 e. The Bertz CT molecular complexity index is 401. The maximum atomic E-state index is 11.6. The van der Waals surface area contributed by atoms with E-state index in [1.807, 2.05) is 0 Å². The van der Waals surface area contributed by atoms with E-state index in [0.29, 0.717) is 23.6 Å². The number of aromatic nitrogens is 1. The normalized spacial score (nSPS) is 14.9. The third kappa shape index (κ3) is 1.72. The van der Waals surface area contributed by atoms with Crippen LogP contribution in [0, 0.1) is 0 Å². The van der Waals surface area contributed by atoms with E-state index in [1.165, 1.54) is 0 Å². The molecule has 0 fully saturated rings. The molecule has 4 nitrogen and oxygen atoms in total. The van der Waals surface area contributed by atoms with Crippen LogP contribution in [0.4, 0.5) is 0 Å². The van der Waals surface area contributed by atoms with Crippen molar-refractivity contribution >= 4 is 5.78 Å². The number of pyridine rings is 1. The van der Waals surface area contributed by atoms with Crippen LogP contribution >= 0.6 is 0 Å². The Kier molecular flexibility index (Phi) is 2.68. The van der Waals surface area contributed by atoms with Crippen molar-refractivity contribution in [3.05, 3.63) is 23.0 Å². The maximum absolute atomic E-state index is 11.6. The molecule has 1 aromatic heterocycles. The van der Waals surface area contributed by atoms with Gasteiger partial charge in [0.05, 0.1) is 19.4 Å². The van der Waals surface area contributed by atoms with Gasteiger partial charge in [0.1, 0.15) is 11.4 Å². The van der Waals surface area contributed by atoms with Crippen molar-refractivity contribution in [2.75, 3.05) is 7.11 Å². The van der Waals surface area contributed by atoms with Crippen LogP contribution in [-0.4, -0.2) is 23.0 Å². The molecule has 15 heavy (non-hydrogen) atoms. The number of ether oxygens (including phenoxy) is 1. The van der Waals surface area contributed by atoms with E-state index < -0.39 is 0 Å². The number of fused-ring (bicyclic) bond motifs is 1. The van der Waals surface area contributed by atoms with Gasteiger partial charge in [-0.3, -0.25) is 4.79 Å². The Hall–Kier alpha value is -1.42. The Morgan fingerprint density at radius 1 is 1.53 bits per heavy atom. The number of hydrogen-bond donors (Lipinski definition) is 1. The number of carbonyl (C=O) groups is 1. The predicted molar refractivity (Wildman–Crippen MR) is 54.0 cm³/mol. The summed E-state index contributed by atoms with van der Waals surface area (Å²) in [7, 11) is 1.57. The van der Waals surface area contributed by atoms with Crippen LogP contribution in [0.5, 0.6) is 5.75 Å². The standard InChI is InChI=1S/C11H13NO3/c1-15-10-5-7(6-13)12-11-8(10)3-2-4-9(11)14/h5,13H,2-4,6H2,1H3. The van der Waals surface area contributed by atoms with Gasteiger partial charge in [0.2, 0.25) is 0 Å². The molecule has 2 rings (SSSR count). The number of Topliss-reactive ketones (excluding diaryl/α,β-unsaturated/α-hetero) is 1. The highest BCUT2D eigenvalue weighted by atomic mass is 16.5. The van der Waals surface area contributed by atoms with E-state index in [-0.39, 0.29) is 12.4 Å². The largest absolute Gasteiger partial charge is 0.496 e. The van der Waals surface area contributed by atoms with Gasteiger partial charge in [-0.15, -0.1) is 0 Å². The zero-order valence-corrected chi connectivity index (χ0v) is 8.62. The van der Waals surface area contributed by atoms with Gasteiger partial charge in [0.25, 0.3) is 0 Å². The first-order valence-electron chi connectivity index (χ1n) is 4.97. The molecule has 0 radical (unpaired) electrons. The molecular formula is C11H13NO3. The second kappa shape index (κ2) is 3.98. The molecule has 0 saturated heterocycles.